The van der Waals surface area contributed by atoms with E-state index in [1.165, 1.54) is 0 Å². The topological polar surface area (TPSA) is 91.2 Å². The lowest BCUT2D eigenvalue weighted by Crippen LogP contribution is -2.12. The van der Waals surface area contributed by atoms with E-state index >= 15 is 0 Å². The van der Waals surface area contributed by atoms with Gasteiger partial charge in [-0.15, -0.1) is 10.2 Å². The summed E-state index contributed by atoms with van der Waals surface area (Å²) in [6.45, 7) is 1.91. The Hall–Kier alpha value is -3.72. The quantitative estimate of drug-likeness (QED) is 0.427. The van der Waals surface area contributed by atoms with Crippen LogP contribution in [0.25, 0.3) is 5.82 Å². The molecule has 0 atom stereocenters. The van der Waals surface area contributed by atoms with E-state index in [1.54, 1.807) is 66.4 Å². The summed E-state index contributed by atoms with van der Waals surface area (Å²) in [5.74, 6) is 1.87. The van der Waals surface area contributed by atoms with Crippen molar-refractivity contribution in [1.82, 2.24) is 20.0 Å². The van der Waals surface area contributed by atoms with Crippen LogP contribution in [0.1, 0.15) is 16.1 Å². The van der Waals surface area contributed by atoms with Crippen LogP contribution < -0.4 is 14.8 Å². The second-order valence-electron chi connectivity index (χ2n) is 6.56. The van der Waals surface area contributed by atoms with Crippen molar-refractivity contribution in [2.45, 2.75) is 6.92 Å². The number of hydrogen-bond donors (Lipinski definition) is 1. The molecule has 1 N–H and O–H groups in total. The number of halogens is 1. The van der Waals surface area contributed by atoms with E-state index in [9.17, 15) is 4.79 Å². The first-order chi connectivity index (χ1) is 15.0. The Balaban J connectivity index is 1.41. The standard InChI is InChI=1S/C22H18BrN5O3/c1-14-11-12-28(27-14)20-9-10-21(26-25-20)31-16-5-3-15(4-6-16)24-22(29)18-13-17(30-2)7-8-19(18)23/h3-13H,1-2H3,(H,24,29). The number of aryl methyl sites for hydroxylation is 1. The van der Waals surface area contributed by atoms with Gasteiger partial charge < -0.3 is 14.8 Å². The maximum absolute atomic E-state index is 12.6. The molecule has 9 heteroatoms. The fourth-order valence-electron chi connectivity index (χ4n) is 2.76. The van der Waals surface area contributed by atoms with E-state index in [2.05, 4.69) is 36.5 Å². The molecule has 31 heavy (non-hydrogen) atoms. The lowest BCUT2D eigenvalue weighted by atomic mass is 10.2. The lowest BCUT2D eigenvalue weighted by Gasteiger charge is -2.10. The van der Waals surface area contributed by atoms with Crippen molar-refractivity contribution in [2.24, 2.45) is 0 Å². The minimum atomic E-state index is -0.255. The number of benzene rings is 2. The number of anilines is 1. The van der Waals surface area contributed by atoms with E-state index in [1.807, 2.05) is 19.2 Å². The molecule has 0 saturated carbocycles. The van der Waals surface area contributed by atoms with Gasteiger partial charge in [-0.25, -0.2) is 4.68 Å². The first-order valence-corrected chi connectivity index (χ1v) is 10.1. The molecule has 0 aliphatic rings. The molecule has 156 valence electrons. The molecule has 0 aliphatic heterocycles. The zero-order chi connectivity index (χ0) is 21.8. The van der Waals surface area contributed by atoms with Gasteiger partial charge in [0.1, 0.15) is 11.5 Å². The van der Waals surface area contributed by atoms with Gasteiger partial charge in [0.25, 0.3) is 5.91 Å². The maximum Gasteiger partial charge on any atom is 0.256 e. The van der Waals surface area contributed by atoms with Crippen LogP contribution in [0.15, 0.2) is 71.3 Å². The van der Waals surface area contributed by atoms with Gasteiger partial charge >= 0.3 is 0 Å². The summed E-state index contributed by atoms with van der Waals surface area (Å²) in [6.07, 6.45) is 1.82. The van der Waals surface area contributed by atoms with E-state index < -0.39 is 0 Å². The third-order valence-electron chi connectivity index (χ3n) is 4.34. The van der Waals surface area contributed by atoms with Crippen molar-refractivity contribution in [3.05, 3.63) is 82.6 Å². The number of hydrogen-bond acceptors (Lipinski definition) is 6. The van der Waals surface area contributed by atoms with E-state index in [-0.39, 0.29) is 5.91 Å². The zero-order valence-electron chi connectivity index (χ0n) is 16.7. The Morgan fingerprint density at radius 1 is 1.00 bits per heavy atom. The van der Waals surface area contributed by atoms with Crippen LogP contribution in [0.3, 0.4) is 0 Å². The number of rotatable bonds is 6. The van der Waals surface area contributed by atoms with Gasteiger partial charge in [0.15, 0.2) is 5.82 Å². The molecule has 4 rings (SSSR count). The summed E-state index contributed by atoms with van der Waals surface area (Å²) in [5, 5.41) is 15.3. The van der Waals surface area contributed by atoms with E-state index in [0.717, 1.165) is 5.69 Å². The average molecular weight is 480 g/mol. The number of carbonyl (C=O) groups excluding carboxylic acids is 1. The number of methoxy groups -OCH3 is 1. The minimum Gasteiger partial charge on any atom is -0.497 e. The monoisotopic (exact) mass is 479 g/mol. The Kier molecular flexibility index (Phi) is 5.94. The van der Waals surface area contributed by atoms with Crippen LogP contribution in [-0.2, 0) is 0 Å². The average Bonchev–Trinajstić information content (AvgIpc) is 3.22. The summed E-state index contributed by atoms with van der Waals surface area (Å²) in [5.41, 5.74) is 2.00. The number of ether oxygens (including phenoxy) is 2. The zero-order valence-corrected chi connectivity index (χ0v) is 18.3. The van der Waals surface area contributed by atoms with Gasteiger partial charge in [-0.2, -0.15) is 5.10 Å². The number of aromatic nitrogens is 4. The Labute approximate surface area is 187 Å². The molecule has 1 amide bonds. The van der Waals surface area contributed by atoms with Crippen LogP contribution in [0.4, 0.5) is 5.69 Å². The van der Waals surface area contributed by atoms with Gasteiger partial charge in [-0.05, 0) is 77.5 Å². The minimum absolute atomic E-state index is 0.255. The fourth-order valence-corrected chi connectivity index (χ4v) is 3.19. The smallest absolute Gasteiger partial charge is 0.256 e. The predicted molar refractivity (Wildman–Crippen MR) is 119 cm³/mol. The Morgan fingerprint density at radius 3 is 2.42 bits per heavy atom. The van der Waals surface area contributed by atoms with Crippen molar-refractivity contribution in [1.29, 1.82) is 0 Å². The predicted octanol–water partition coefficient (Wildman–Crippen LogP) is 4.79. The molecule has 0 fully saturated rings. The Bertz CT molecular complexity index is 1210. The van der Waals surface area contributed by atoms with Gasteiger partial charge in [0.05, 0.1) is 18.4 Å². The molecule has 0 spiro atoms. The molecule has 2 aromatic carbocycles. The normalized spacial score (nSPS) is 10.5. The van der Waals surface area contributed by atoms with Gasteiger partial charge in [-0.3, -0.25) is 4.79 Å². The van der Waals surface area contributed by atoms with Crippen LogP contribution in [0.2, 0.25) is 0 Å². The Morgan fingerprint density at radius 2 is 1.77 bits per heavy atom. The number of carbonyl (C=O) groups is 1. The second kappa shape index (κ2) is 8.97. The highest BCUT2D eigenvalue weighted by Crippen LogP contribution is 2.25. The molecular formula is C22H18BrN5O3. The van der Waals surface area contributed by atoms with Crippen LogP contribution >= 0.6 is 15.9 Å². The van der Waals surface area contributed by atoms with Crippen LogP contribution in [0.5, 0.6) is 17.4 Å². The van der Waals surface area contributed by atoms with Crippen molar-refractivity contribution >= 4 is 27.5 Å². The number of nitrogens with one attached hydrogen (secondary N) is 1. The largest absolute Gasteiger partial charge is 0.497 e. The molecule has 0 saturated heterocycles. The molecule has 0 radical (unpaired) electrons. The molecular weight excluding hydrogens is 462 g/mol. The molecule has 4 aromatic rings. The highest BCUT2D eigenvalue weighted by molar-refractivity contribution is 9.10. The summed E-state index contributed by atoms with van der Waals surface area (Å²) >= 11 is 3.39. The van der Waals surface area contributed by atoms with Gasteiger partial charge in [0, 0.05) is 22.4 Å². The highest BCUT2D eigenvalue weighted by atomic mass is 79.9. The number of nitrogens with zero attached hydrogens (tertiary/aromatic N) is 4. The van der Waals surface area contributed by atoms with E-state index in [4.69, 9.17) is 9.47 Å². The summed E-state index contributed by atoms with van der Waals surface area (Å²) in [6, 6.07) is 17.6. The lowest BCUT2D eigenvalue weighted by molar-refractivity contribution is 0.102. The SMILES string of the molecule is COc1ccc(Br)c(C(=O)Nc2ccc(Oc3ccc(-n4ccc(C)n4)nn3)cc2)c1. The van der Waals surface area contributed by atoms with Gasteiger partial charge in [-0.1, -0.05) is 0 Å². The highest BCUT2D eigenvalue weighted by Gasteiger charge is 2.12. The third kappa shape index (κ3) is 4.89. The molecule has 0 unspecified atom stereocenters. The molecule has 2 aromatic heterocycles. The molecule has 8 nitrogen and oxygen atoms in total. The maximum atomic E-state index is 12.6. The molecule has 2 heterocycles. The first kappa shape index (κ1) is 20.5. The summed E-state index contributed by atoms with van der Waals surface area (Å²) in [7, 11) is 1.56. The molecule has 0 bridgehead atoms. The van der Waals surface area contributed by atoms with Crippen molar-refractivity contribution in [2.75, 3.05) is 12.4 Å². The van der Waals surface area contributed by atoms with Crippen molar-refractivity contribution in [3.8, 4) is 23.2 Å². The first-order valence-electron chi connectivity index (χ1n) is 9.31. The summed E-state index contributed by atoms with van der Waals surface area (Å²) in [4.78, 5) is 12.6. The van der Waals surface area contributed by atoms with Crippen molar-refractivity contribution < 1.29 is 14.3 Å². The third-order valence-corrected chi connectivity index (χ3v) is 5.03. The molecule has 0 aliphatic carbocycles. The second-order valence-corrected chi connectivity index (χ2v) is 7.41. The van der Waals surface area contributed by atoms with E-state index in [0.29, 0.717) is 38.9 Å². The number of amides is 1. The summed E-state index contributed by atoms with van der Waals surface area (Å²) < 4.78 is 13.2. The van der Waals surface area contributed by atoms with Crippen molar-refractivity contribution in [3.63, 3.8) is 0 Å². The van der Waals surface area contributed by atoms with Gasteiger partial charge in [0.2, 0.25) is 5.88 Å². The van der Waals surface area contributed by atoms with Crippen LogP contribution in [-0.4, -0.2) is 33.0 Å². The van der Waals surface area contributed by atoms with Crippen LogP contribution in [0, 0.1) is 6.92 Å². The fraction of sp³-hybridized carbons (Fsp3) is 0.0909.